The van der Waals surface area contributed by atoms with Crippen molar-refractivity contribution in [3.05, 3.63) is 12.2 Å². The van der Waals surface area contributed by atoms with E-state index in [-0.39, 0.29) is 11.5 Å². The number of esters is 2. The highest BCUT2D eigenvalue weighted by Gasteiger charge is 2.40. The molecule has 0 aliphatic rings. The van der Waals surface area contributed by atoms with Crippen molar-refractivity contribution in [1.29, 1.82) is 0 Å². The first-order chi connectivity index (χ1) is 13.3. The minimum atomic E-state index is -2.21. The van der Waals surface area contributed by atoms with Gasteiger partial charge in [-0.25, -0.2) is 9.59 Å². The third-order valence-corrected chi connectivity index (χ3v) is 17.6. The lowest BCUT2D eigenvalue weighted by molar-refractivity contribution is -0.143. The zero-order chi connectivity index (χ0) is 24.0. The van der Waals surface area contributed by atoms with E-state index in [0.29, 0.717) is 12.8 Å². The Kier molecular flexibility index (Phi) is 11.2. The molecule has 0 bridgehead atoms. The maximum atomic E-state index is 12.3. The Morgan fingerprint density at radius 2 is 0.900 bits per heavy atom. The van der Waals surface area contributed by atoms with Gasteiger partial charge in [0.25, 0.3) is 0 Å². The van der Waals surface area contributed by atoms with Crippen LogP contribution in [0.4, 0.5) is 0 Å². The van der Waals surface area contributed by atoms with Crippen molar-refractivity contribution in [3.8, 4) is 0 Å². The predicted octanol–water partition coefficient (Wildman–Crippen LogP) is 5.38. The van der Waals surface area contributed by atoms with E-state index in [0.717, 1.165) is 12.2 Å². The van der Waals surface area contributed by atoms with Crippen LogP contribution in [0.25, 0.3) is 0 Å². The average Bonchev–Trinajstić information content (AvgIpc) is 2.50. The van der Waals surface area contributed by atoms with Crippen LogP contribution < -0.4 is 0 Å². The van der Waals surface area contributed by atoms with Gasteiger partial charge in [-0.1, -0.05) is 13.8 Å². The molecule has 0 aromatic rings. The molecule has 6 nitrogen and oxygen atoms in total. The summed E-state index contributed by atoms with van der Waals surface area (Å²) in [5.74, 6) is -1.08. The normalized spacial score (nSPS) is 15.7. The van der Waals surface area contributed by atoms with Crippen LogP contribution in [-0.2, 0) is 27.3 Å². The fourth-order valence-corrected chi connectivity index (χ4v) is 20.1. The molecule has 30 heavy (non-hydrogen) atoms. The number of carbonyl (C=O) groups is 2. The van der Waals surface area contributed by atoms with Crippen molar-refractivity contribution in [2.75, 3.05) is 0 Å². The zero-order valence-electron chi connectivity index (χ0n) is 21.2. The molecule has 0 fully saturated rings. The minimum absolute atomic E-state index is 0.266. The summed E-state index contributed by atoms with van der Waals surface area (Å²) in [5.41, 5.74) is -0.533. The van der Waals surface area contributed by atoms with E-state index in [1.165, 1.54) is 0 Å². The summed E-state index contributed by atoms with van der Waals surface area (Å²) in [6.07, 6.45) is 3.67. The Bertz CT molecular complexity index is 553. The third kappa shape index (κ3) is 11.7. The summed E-state index contributed by atoms with van der Waals surface area (Å²) in [6, 6.07) is 0. The maximum absolute atomic E-state index is 12.3. The Hall–Kier alpha value is -0.532. The average molecular weight is 493 g/mol. The number of hydrogen-bond donors (Lipinski definition) is 0. The van der Waals surface area contributed by atoms with Crippen molar-refractivity contribution in [2.24, 2.45) is 0 Å². The Labute approximate surface area is 188 Å². The Morgan fingerprint density at radius 1 is 0.633 bits per heavy atom. The highest BCUT2D eigenvalue weighted by molar-refractivity contribution is 6.85. The van der Waals surface area contributed by atoms with E-state index in [2.05, 4.69) is 65.5 Å². The predicted molar refractivity (Wildman–Crippen MR) is 133 cm³/mol. The fraction of sp³-hybridized carbons (Fsp3) is 0.800. The van der Waals surface area contributed by atoms with Crippen LogP contribution in [-0.4, -0.2) is 56.7 Å². The first kappa shape index (κ1) is 29.5. The van der Waals surface area contributed by atoms with Gasteiger partial charge in [-0.2, -0.15) is 0 Å². The molecule has 10 heteroatoms. The first-order valence-corrected chi connectivity index (χ1v) is 23.6. The monoisotopic (exact) mass is 492 g/mol. The summed E-state index contributed by atoms with van der Waals surface area (Å²) < 4.78 is 23.9. The highest BCUT2D eigenvalue weighted by atomic mass is 28.4. The van der Waals surface area contributed by atoms with Gasteiger partial charge in [0, 0.05) is 12.2 Å². The molecule has 0 radical (unpaired) electrons. The minimum Gasteiger partial charge on any atom is -0.460 e. The molecule has 0 aliphatic carbocycles. The van der Waals surface area contributed by atoms with Gasteiger partial charge in [0.15, 0.2) is 16.6 Å². The summed E-state index contributed by atoms with van der Waals surface area (Å²) in [6.45, 7) is 25.0. The van der Waals surface area contributed by atoms with Gasteiger partial charge in [0.1, 0.15) is 11.5 Å². The molecular weight excluding hydrogens is 449 g/mol. The molecule has 0 heterocycles. The van der Waals surface area contributed by atoms with Crippen molar-refractivity contribution < 1.29 is 27.3 Å². The van der Waals surface area contributed by atoms with Gasteiger partial charge >= 0.3 is 11.9 Å². The third-order valence-electron chi connectivity index (χ3n) is 4.30. The number of carbonyl (C=O) groups excluding carboxylic acids is 2. The molecule has 0 amide bonds. The van der Waals surface area contributed by atoms with Gasteiger partial charge < -0.3 is 17.7 Å². The molecule has 0 rings (SSSR count). The van der Waals surface area contributed by atoms with Crippen molar-refractivity contribution in [1.82, 2.24) is 0 Å². The first-order valence-electron chi connectivity index (χ1n) is 10.8. The molecule has 0 aliphatic heterocycles. The molecule has 2 atom stereocenters. The van der Waals surface area contributed by atoms with Gasteiger partial charge in [0.05, 0.1) is 0 Å². The molecule has 0 N–H and O–H groups in total. The van der Waals surface area contributed by atoms with Gasteiger partial charge in [-0.05, 0) is 78.3 Å². The lowest BCUT2D eigenvalue weighted by Gasteiger charge is -2.36. The van der Waals surface area contributed by atoms with Crippen LogP contribution in [0.3, 0.4) is 0 Å². The van der Waals surface area contributed by atoms with Crippen molar-refractivity contribution in [2.45, 2.75) is 104 Å². The number of hydrogen-bond acceptors (Lipinski definition) is 6. The Morgan fingerprint density at radius 3 is 1.10 bits per heavy atom. The second-order valence-corrected chi connectivity index (χ2v) is 28.4. The molecule has 0 saturated carbocycles. The van der Waals surface area contributed by atoms with Gasteiger partial charge in [-0.3, -0.25) is 0 Å². The van der Waals surface area contributed by atoms with E-state index >= 15 is 0 Å². The molecule has 176 valence electrons. The summed E-state index contributed by atoms with van der Waals surface area (Å²) in [7, 11) is -7.90. The van der Waals surface area contributed by atoms with Gasteiger partial charge in [0.2, 0.25) is 16.6 Å². The standard InChI is InChI=1S/C20H44O6Si4/c1-13-19(29(9,10)25-27(3,4)5)23-17(21)15-16-18(22)24-20(14-2)30(11,12)26-28(6,7)8/h15-16,19-20H,13-14H2,1-12H3/b16-15+. The molecular formula is C20H44O6Si4. The number of rotatable bonds is 12. The summed E-state index contributed by atoms with van der Waals surface area (Å²) in [5, 5.41) is 0. The largest absolute Gasteiger partial charge is 0.460 e. The molecule has 0 spiro atoms. The highest BCUT2D eigenvalue weighted by Crippen LogP contribution is 2.23. The topological polar surface area (TPSA) is 71.1 Å². The molecule has 2 unspecified atom stereocenters. The van der Waals surface area contributed by atoms with Crippen LogP contribution in [0, 0.1) is 0 Å². The fourth-order valence-electron chi connectivity index (χ4n) is 3.64. The lowest BCUT2D eigenvalue weighted by Crippen LogP contribution is -2.52. The van der Waals surface area contributed by atoms with Crippen molar-refractivity contribution in [3.63, 3.8) is 0 Å². The quantitative estimate of drug-likeness (QED) is 0.207. The van der Waals surface area contributed by atoms with Crippen LogP contribution in [0.2, 0.25) is 65.5 Å². The van der Waals surface area contributed by atoms with Crippen molar-refractivity contribution >= 4 is 45.2 Å². The smallest absolute Gasteiger partial charge is 0.331 e. The van der Waals surface area contributed by atoms with E-state index in [1.54, 1.807) is 0 Å². The summed E-state index contributed by atoms with van der Waals surface area (Å²) in [4.78, 5) is 24.6. The summed E-state index contributed by atoms with van der Waals surface area (Å²) >= 11 is 0. The lowest BCUT2D eigenvalue weighted by atomic mass is 10.4. The van der Waals surface area contributed by atoms with Crippen LogP contribution >= 0.6 is 0 Å². The maximum Gasteiger partial charge on any atom is 0.331 e. The zero-order valence-corrected chi connectivity index (χ0v) is 25.2. The van der Waals surface area contributed by atoms with E-state index < -0.39 is 45.2 Å². The number of ether oxygens (including phenoxy) is 2. The second kappa shape index (κ2) is 11.4. The molecule has 0 aromatic carbocycles. The van der Waals surface area contributed by atoms with Crippen LogP contribution in [0.1, 0.15) is 26.7 Å². The van der Waals surface area contributed by atoms with E-state index in [4.69, 9.17) is 17.7 Å². The Balaban J connectivity index is 5.02. The van der Waals surface area contributed by atoms with E-state index in [1.807, 2.05) is 13.8 Å². The SMILES string of the molecule is CCC(OC(=O)/C=C/C(=O)OC(CC)[Si](C)(C)O[Si](C)(C)C)[Si](C)(C)O[Si](C)(C)C. The van der Waals surface area contributed by atoms with Gasteiger partial charge in [-0.15, -0.1) is 0 Å². The second-order valence-electron chi connectivity index (χ2n) is 10.6. The molecule has 0 aromatic heterocycles. The van der Waals surface area contributed by atoms with Crippen LogP contribution in [0.15, 0.2) is 12.2 Å². The van der Waals surface area contributed by atoms with Crippen LogP contribution in [0.5, 0.6) is 0 Å². The molecule has 0 saturated heterocycles. The van der Waals surface area contributed by atoms with E-state index in [9.17, 15) is 9.59 Å².